The zero-order valence-electron chi connectivity index (χ0n) is 4.55. The summed E-state index contributed by atoms with van der Waals surface area (Å²) in [5, 5.41) is 0. The topological polar surface area (TPSA) is 30.2 Å². The molecule has 0 aromatic carbocycles. The van der Waals surface area contributed by atoms with Crippen molar-refractivity contribution in [3.63, 3.8) is 0 Å². The van der Waals surface area contributed by atoms with Gasteiger partial charge in [-0.2, -0.15) is 0 Å². The summed E-state index contributed by atoms with van der Waals surface area (Å²) in [4.78, 5) is 9.99. The number of aldehydes is 1. The molecule has 0 spiro atoms. The average molecular weight is 110 g/mol. The van der Waals surface area contributed by atoms with Gasteiger partial charge in [-0.05, 0) is 18.6 Å². The molecule has 0 saturated heterocycles. The van der Waals surface area contributed by atoms with Crippen LogP contribution in [0.2, 0.25) is 0 Å². The highest BCUT2D eigenvalue weighted by molar-refractivity contribution is 5.72. The molecule has 42 valence electrons. The van der Waals surface area contributed by atoms with Gasteiger partial charge < -0.3 is 4.42 Å². The van der Waals surface area contributed by atoms with Gasteiger partial charge >= 0.3 is 0 Å². The van der Waals surface area contributed by atoms with Crippen molar-refractivity contribution < 1.29 is 9.21 Å². The van der Waals surface area contributed by atoms with Crippen LogP contribution in [-0.4, -0.2) is 6.29 Å². The molecule has 1 heterocycles. The van der Waals surface area contributed by atoms with E-state index in [9.17, 15) is 4.79 Å². The van der Waals surface area contributed by atoms with Crippen molar-refractivity contribution in [2.75, 3.05) is 0 Å². The van der Waals surface area contributed by atoms with Crippen molar-refractivity contribution in [2.45, 2.75) is 6.92 Å². The molecule has 1 aromatic rings. The number of aryl methyl sites for hydroxylation is 1. The molecule has 1 rings (SSSR count). The lowest BCUT2D eigenvalue weighted by Gasteiger charge is -1.78. The molecule has 0 saturated carbocycles. The first-order valence-electron chi connectivity index (χ1n) is 2.34. The third-order valence-corrected chi connectivity index (χ3v) is 1.01. The van der Waals surface area contributed by atoms with Crippen LogP contribution >= 0.6 is 0 Å². The van der Waals surface area contributed by atoms with Crippen molar-refractivity contribution in [3.8, 4) is 0 Å². The maximum atomic E-state index is 9.99. The normalized spacial score (nSPS) is 9.12. The summed E-state index contributed by atoms with van der Waals surface area (Å²) >= 11 is 0. The molecule has 0 fully saturated rings. The van der Waals surface area contributed by atoms with Crippen LogP contribution in [0.3, 0.4) is 0 Å². The average Bonchev–Trinajstić information content (AvgIpc) is 2.14. The van der Waals surface area contributed by atoms with Crippen LogP contribution in [0, 0.1) is 6.92 Å². The maximum absolute atomic E-state index is 9.99. The van der Waals surface area contributed by atoms with E-state index in [4.69, 9.17) is 4.42 Å². The van der Waals surface area contributed by atoms with Gasteiger partial charge in [0.25, 0.3) is 0 Å². The molecule has 0 N–H and O–H groups in total. The molecular formula is C6H6O2. The Morgan fingerprint density at radius 1 is 1.75 bits per heavy atom. The summed E-state index contributed by atoms with van der Waals surface area (Å²) in [6.45, 7) is 1.83. The molecule has 2 nitrogen and oxygen atoms in total. The smallest absolute Gasteiger partial charge is 0.185 e. The van der Waals surface area contributed by atoms with Crippen molar-refractivity contribution in [1.29, 1.82) is 0 Å². The Labute approximate surface area is 47.1 Å². The molecule has 1 aromatic heterocycles. The van der Waals surface area contributed by atoms with Crippen LogP contribution < -0.4 is 0 Å². The largest absolute Gasteiger partial charge is 0.461 e. The number of rotatable bonds is 1. The van der Waals surface area contributed by atoms with Gasteiger partial charge in [0.1, 0.15) is 0 Å². The fourth-order valence-electron chi connectivity index (χ4n) is 0.505. The van der Waals surface area contributed by atoms with Crippen molar-refractivity contribution >= 4 is 6.29 Å². The van der Waals surface area contributed by atoms with Gasteiger partial charge in [0.15, 0.2) is 12.0 Å². The minimum atomic E-state index is 0.421. The van der Waals surface area contributed by atoms with Gasteiger partial charge in [-0.3, -0.25) is 4.79 Å². The highest BCUT2D eigenvalue weighted by atomic mass is 16.3. The zero-order valence-corrected chi connectivity index (χ0v) is 4.55. The van der Waals surface area contributed by atoms with Crippen LogP contribution in [0.4, 0.5) is 0 Å². The van der Waals surface area contributed by atoms with Crippen LogP contribution in [-0.2, 0) is 0 Å². The summed E-state index contributed by atoms with van der Waals surface area (Å²) in [7, 11) is 0. The van der Waals surface area contributed by atoms with Crippen LogP contribution in [0.15, 0.2) is 16.7 Å². The monoisotopic (exact) mass is 110 g/mol. The Balaban J connectivity index is 3.09. The fourth-order valence-corrected chi connectivity index (χ4v) is 0.505. The van der Waals surface area contributed by atoms with Crippen LogP contribution in [0.1, 0.15) is 16.1 Å². The van der Waals surface area contributed by atoms with E-state index in [1.54, 1.807) is 6.07 Å². The van der Waals surface area contributed by atoms with E-state index in [1.165, 1.54) is 6.26 Å². The minimum Gasteiger partial charge on any atom is -0.461 e. The Morgan fingerprint density at radius 3 is 2.75 bits per heavy atom. The Kier molecular flexibility index (Phi) is 1.16. The summed E-state index contributed by atoms with van der Waals surface area (Å²) in [6.07, 6.45) is 2.20. The number of furan rings is 1. The minimum absolute atomic E-state index is 0.421. The van der Waals surface area contributed by atoms with Gasteiger partial charge in [-0.15, -0.1) is 0 Å². The fraction of sp³-hybridized carbons (Fsp3) is 0.167. The highest BCUT2D eigenvalue weighted by Gasteiger charge is 1.95. The Bertz CT molecular complexity index is 188. The van der Waals surface area contributed by atoms with Crippen molar-refractivity contribution in [2.24, 2.45) is 0 Å². The molecule has 0 aliphatic rings. The number of hydrogen-bond acceptors (Lipinski definition) is 2. The van der Waals surface area contributed by atoms with E-state index >= 15 is 0 Å². The third-order valence-electron chi connectivity index (χ3n) is 1.01. The molecule has 0 aliphatic heterocycles. The van der Waals surface area contributed by atoms with Crippen LogP contribution in [0.5, 0.6) is 0 Å². The highest BCUT2D eigenvalue weighted by Crippen LogP contribution is 2.03. The molecule has 0 bridgehead atoms. The lowest BCUT2D eigenvalue weighted by molar-refractivity contribution is 0.110. The first-order valence-corrected chi connectivity index (χ1v) is 2.34. The Hall–Kier alpha value is -1.05. The summed E-state index contributed by atoms with van der Waals surface area (Å²) < 4.78 is 4.75. The van der Waals surface area contributed by atoms with Gasteiger partial charge in [-0.25, -0.2) is 0 Å². The number of hydrogen-bond donors (Lipinski definition) is 0. The summed E-state index contributed by atoms with van der Waals surface area (Å²) in [5.74, 6) is 0.421. The first kappa shape index (κ1) is 5.09. The molecule has 8 heavy (non-hydrogen) atoms. The second-order valence-electron chi connectivity index (χ2n) is 1.59. The number of carbonyl (C=O) groups is 1. The SMILES string of the molecule is Cc1ccoc1C=O. The van der Waals surface area contributed by atoms with E-state index in [2.05, 4.69) is 0 Å². The van der Waals surface area contributed by atoms with Crippen molar-refractivity contribution in [3.05, 3.63) is 23.7 Å². The van der Waals surface area contributed by atoms with Crippen LogP contribution in [0.25, 0.3) is 0 Å². The molecule has 0 unspecified atom stereocenters. The van der Waals surface area contributed by atoms with Gasteiger partial charge in [0.05, 0.1) is 6.26 Å². The molecule has 2 heteroatoms. The number of carbonyl (C=O) groups excluding carboxylic acids is 1. The standard InChI is InChI=1S/C6H6O2/c1-5-2-3-8-6(5)4-7/h2-4H,1H3. The third kappa shape index (κ3) is 0.644. The Morgan fingerprint density at radius 2 is 2.50 bits per heavy atom. The van der Waals surface area contributed by atoms with Gasteiger partial charge in [0.2, 0.25) is 0 Å². The van der Waals surface area contributed by atoms with E-state index in [0.29, 0.717) is 12.0 Å². The quantitative estimate of drug-likeness (QED) is 0.511. The zero-order chi connectivity index (χ0) is 5.98. The van der Waals surface area contributed by atoms with E-state index < -0.39 is 0 Å². The second kappa shape index (κ2) is 1.82. The van der Waals surface area contributed by atoms with E-state index in [0.717, 1.165) is 5.56 Å². The summed E-state index contributed by atoms with van der Waals surface area (Å²) in [6, 6.07) is 1.75. The lowest BCUT2D eigenvalue weighted by Crippen LogP contribution is -1.74. The summed E-state index contributed by atoms with van der Waals surface area (Å²) in [5.41, 5.74) is 0.889. The predicted molar refractivity (Wildman–Crippen MR) is 28.8 cm³/mol. The van der Waals surface area contributed by atoms with E-state index in [-0.39, 0.29) is 0 Å². The van der Waals surface area contributed by atoms with E-state index in [1.807, 2.05) is 6.92 Å². The molecule has 0 aliphatic carbocycles. The molecule has 0 radical (unpaired) electrons. The molecule has 0 amide bonds. The second-order valence-corrected chi connectivity index (χ2v) is 1.59. The maximum Gasteiger partial charge on any atom is 0.185 e. The first-order chi connectivity index (χ1) is 3.84. The van der Waals surface area contributed by atoms with Crippen molar-refractivity contribution in [1.82, 2.24) is 0 Å². The molecule has 0 atom stereocenters. The molecular weight excluding hydrogens is 104 g/mol. The lowest BCUT2D eigenvalue weighted by atomic mass is 10.3. The predicted octanol–water partition coefficient (Wildman–Crippen LogP) is 1.40. The van der Waals surface area contributed by atoms with Gasteiger partial charge in [0, 0.05) is 0 Å². The van der Waals surface area contributed by atoms with Gasteiger partial charge in [-0.1, -0.05) is 0 Å².